The number of benzene rings is 1. The third kappa shape index (κ3) is 4.32. The Kier molecular flexibility index (Phi) is 5.14. The fourth-order valence-electron chi connectivity index (χ4n) is 3.42. The molecule has 4 rings (SSSR count). The Balaban J connectivity index is 1.36. The third-order valence-electron chi connectivity index (χ3n) is 5.06. The maximum Gasteiger partial charge on any atom is 0.289 e. The highest BCUT2D eigenvalue weighted by Gasteiger charge is 2.27. The first-order valence-electron chi connectivity index (χ1n) is 9.56. The van der Waals surface area contributed by atoms with Crippen molar-refractivity contribution in [1.29, 1.82) is 0 Å². The molecule has 1 saturated carbocycles. The van der Waals surface area contributed by atoms with Gasteiger partial charge in [0.1, 0.15) is 5.75 Å². The van der Waals surface area contributed by atoms with Crippen LogP contribution in [0.1, 0.15) is 46.6 Å². The first kappa shape index (κ1) is 17.6. The first-order valence-corrected chi connectivity index (χ1v) is 9.56. The summed E-state index contributed by atoms with van der Waals surface area (Å²) in [7, 11) is 0. The molecule has 0 radical (unpaired) electrons. The molecule has 6 heteroatoms. The number of nitrogens with one attached hydrogen (secondary N) is 1. The number of carbonyl (C=O) groups excluding carboxylic acids is 2. The van der Waals surface area contributed by atoms with E-state index in [0.29, 0.717) is 36.3 Å². The molecule has 2 aromatic rings. The molecule has 2 amide bonds. The lowest BCUT2D eigenvalue weighted by Crippen LogP contribution is -2.41. The fourth-order valence-corrected chi connectivity index (χ4v) is 3.42. The molecule has 2 heterocycles. The lowest BCUT2D eigenvalue weighted by molar-refractivity contribution is 0.0602. The first-order chi connectivity index (χ1) is 13.2. The zero-order valence-electron chi connectivity index (χ0n) is 15.2. The summed E-state index contributed by atoms with van der Waals surface area (Å²) in [5.74, 6) is 1.06. The molecular formula is C21H24N2O4. The molecule has 27 heavy (non-hydrogen) atoms. The van der Waals surface area contributed by atoms with Crippen LogP contribution in [0.3, 0.4) is 0 Å². The number of likely N-dealkylation sites (tertiary alicyclic amines) is 1. The van der Waals surface area contributed by atoms with Gasteiger partial charge in [-0.25, -0.2) is 0 Å². The summed E-state index contributed by atoms with van der Waals surface area (Å²) < 4.78 is 11.2. The maximum atomic E-state index is 12.5. The van der Waals surface area contributed by atoms with Gasteiger partial charge in [-0.1, -0.05) is 12.1 Å². The van der Waals surface area contributed by atoms with Crippen molar-refractivity contribution in [2.45, 2.75) is 31.7 Å². The second kappa shape index (κ2) is 7.86. The van der Waals surface area contributed by atoms with Crippen LogP contribution in [0.4, 0.5) is 0 Å². The van der Waals surface area contributed by atoms with E-state index in [1.54, 1.807) is 18.2 Å². The van der Waals surface area contributed by atoms with Gasteiger partial charge in [-0.3, -0.25) is 9.59 Å². The number of carbonyl (C=O) groups is 2. The molecule has 1 saturated heterocycles. The van der Waals surface area contributed by atoms with Crippen molar-refractivity contribution in [3.63, 3.8) is 0 Å². The SMILES string of the molecule is O=C(NC1CC1)c1ccccc1OCC1CCCN(C(=O)c2ccco2)C1. The molecular weight excluding hydrogens is 344 g/mol. The van der Waals surface area contributed by atoms with Gasteiger partial charge >= 0.3 is 0 Å². The average Bonchev–Trinajstić information content (AvgIpc) is 3.34. The second-order valence-corrected chi connectivity index (χ2v) is 7.29. The number of nitrogens with zero attached hydrogens (tertiary/aromatic N) is 1. The van der Waals surface area contributed by atoms with Crippen molar-refractivity contribution >= 4 is 11.8 Å². The van der Waals surface area contributed by atoms with E-state index >= 15 is 0 Å². The third-order valence-corrected chi connectivity index (χ3v) is 5.06. The highest BCUT2D eigenvalue weighted by Crippen LogP contribution is 2.25. The summed E-state index contributed by atoms with van der Waals surface area (Å²) >= 11 is 0. The summed E-state index contributed by atoms with van der Waals surface area (Å²) in [4.78, 5) is 26.7. The predicted octanol–water partition coefficient (Wildman–Crippen LogP) is 3.10. The van der Waals surface area contributed by atoms with Crippen LogP contribution in [0.25, 0.3) is 0 Å². The molecule has 1 aromatic heterocycles. The van der Waals surface area contributed by atoms with Crippen LogP contribution in [-0.2, 0) is 0 Å². The average molecular weight is 368 g/mol. The van der Waals surface area contributed by atoms with Gasteiger partial charge in [-0.2, -0.15) is 0 Å². The van der Waals surface area contributed by atoms with Crippen LogP contribution in [0.2, 0.25) is 0 Å². The Labute approximate surface area is 158 Å². The van der Waals surface area contributed by atoms with E-state index < -0.39 is 0 Å². The number of piperidine rings is 1. The zero-order valence-corrected chi connectivity index (χ0v) is 15.2. The van der Waals surface area contributed by atoms with Crippen molar-refractivity contribution in [2.75, 3.05) is 19.7 Å². The van der Waals surface area contributed by atoms with E-state index in [0.717, 1.165) is 32.2 Å². The van der Waals surface area contributed by atoms with Crippen LogP contribution in [-0.4, -0.2) is 42.5 Å². The summed E-state index contributed by atoms with van der Waals surface area (Å²) in [5, 5.41) is 3.00. The molecule has 1 aromatic carbocycles. The Hall–Kier alpha value is -2.76. The van der Waals surface area contributed by atoms with Crippen molar-refractivity contribution in [3.8, 4) is 5.75 Å². The normalized spacial score (nSPS) is 19.6. The van der Waals surface area contributed by atoms with Crippen LogP contribution >= 0.6 is 0 Å². The van der Waals surface area contributed by atoms with E-state index in [4.69, 9.17) is 9.15 Å². The quantitative estimate of drug-likeness (QED) is 0.850. The maximum absolute atomic E-state index is 12.5. The molecule has 2 aliphatic rings. The standard InChI is InChI=1S/C21H24N2O4/c24-20(22-16-9-10-16)17-6-1-2-7-18(17)27-14-15-5-3-11-23(13-15)21(25)19-8-4-12-26-19/h1-2,4,6-8,12,15-16H,3,5,9-11,13-14H2,(H,22,24). The van der Waals surface area contributed by atoms with Gasteiger partial charge in [0.15, 0.2) is 5.76 Å². The van der Waals surface area contributed by atoms with Gasteiger partial charge in [0, 0.05) is 25.0 Å². The Morgan fingerprint density at radius 3 is 2.78 bits per heavy atom. The van der Waals surface area contributed by atoms with E-state index in [9.17, 15) is 9.59 Å². The molecule has 2 fully saturated rings. The Bertz CT molecular complexity index is 798. The van der Waals surface area contributed by atoms with Gasteiger partial charge < -0.3 is 19.4 Å². The number of para-hydroxylation sites is 1. The number of hydrogen-bond acceptors (Lipinski definition) is 4. The van der Waals surface area contributed by atoms with Gasteiger partial charge in [0.05, 0.1) is 18.4 Å². The number of amides is 2. The van der Waals surface area contributed by atoms with Gasteiger partial charge in [-0.15, -0.1) is 0 Å². The Morgan fingerprint density at radius 1 is 1.15 bits per heavy atom. The van der Waals surface area contributed by atoms with Crippen molar-refractivity contribution in [1.82, 2.24) is 10.2 Å². The molecule has 1 aliphatic carbocycles. The van der Waals surface area contributed by atoms with Crippen molar-refractivity contribution < 1.29 is 18.7 Å². The van der Waals surface area contributed by atoms with E-state index in [1.165, 1.54) is 6.26 Å². The van der Waals surface area contributed by atoms with Crippen molar-refractivity contribution in [2.24, 2.45) is 5.92 Å². The molecule has 1 aliphatic heterocycles. The minimum Gasteiger partial charge on any atom is -0.492 e. The summed E-state index contributed by atoms with van der Waals surface area (Å²) in [6.07, 6.45) is 5.55. The Morgan fingerprint density at radius 2 is 2.00 bits per heavy atom. The smallest absolute Gasteiger partial charge is 0.289 e. The van der Waals surface area contributed by atoms with E-state index in [2.05, 4.69) is 5.32 Å². The minimum absolute atomic E-state index is 0.0751. The highest BCUT2D eigenvalue weighted by molar-refractivity contribution is 5.97. The zero-order chi connectivity index (χ0) is 18.6. The number of ether oxygens (including phenoxy) is 1. The number of rotatable bonds is 6. The van der Waals surface area contributed by atoms with Crippen molar-refractivity contribution in [3.05, 3.63) is 54.0 Å². The lowest BCUT2D eigenvalue weighted by Gasteiger charge is -2.32. The molecule has 0 spiro atoms. The topological polar surface area (TPSA) is 71.8 Å². The van der Waals surface area contributed by atoms with E-state index in [1.807, 2.05) is 23.1 Å². The number of hydrogen-bond donors (Lipinski definition) is 1. The molecule has 1 unspecified atom stereocenters. The monoisotopic (exact) mass is 368 g/mol. The molecule has 1 N–H and O–H groups in total. The van der Waals surface area contributed by atoms with Crippen LogP contribution in [0.15, 0.2) is 47.1 Å². The number of furan rings is 1. The molecule has 1 atom stereocenters. The lowest BCUT2D eigenvalue weighted by atomic mass is 9.98. The predicted molar refractivity (Wildman–Crippen MR) is 99.8 cm³/mol. The summed E-state index contributed by atoms with van der Waals surface area (Å²) in [6, 6.07) is 11.1. The van der Waals surface area contributed by atoms with Gasteiger partial charge in [0.2, 0.25) is 0 Å². The summed E-state index contributed by atoms with van der Waals surface area (Å²) in [6.45, 7) is 1.85. The van der Waals surface area contributed by atoms with Crippen LogP contribution in [0, 0.1) is 5.92 Å². The minimum atomic E-state index is -0.0774. The van der Waals surface area contributed by atoms with Crippen LogP contribution < -0.4 is 10.1 Å². The van der Waals surface area contributed by atoms with Crippen LogP contribution in [0.5, 0.6) is 5.75 Å². The molecule has 6 nitrogen and oxygen atoms in total. The molecule has 0 bridgehead atoms. The highest BCUT2D eigenvalue weighted by atomic mass is 16.5. The van der Waals surface area contributed by atoms with Gasteiger partial charge in [0.25, 0.3) is 11.8 Å². The largest absolute Gasteiger partial charge is 0.492 e. The molecule has 142 valence electrons. The summed E-state index contributed by atoms with van der Waals surface area (Å²) in [5.41, 5.74) is 0.573. The second-order valence-electron chi connectivity index (χ2n) is 7.29. The van der Waals surface area contributed by atoms with E-state index in [-0.39, 0.29) is 17.7 Å². The van der Waals surface area contributed by atoms with Gasteiger partial charge in [-0.05, 0) is 49.9 Å². The fraction of sp³-hybridized carbons (Fsp3) is 0.429.